The summed E-state index contributed by atoms with van der Waals surface area (Å²) in [6, 6.07) is 8.42. The van der Waals surface area contributed by atoms with E-state index in [1.54, 1.807) is 23.5 Å². The third kappa shape index (κ3) is 3.25. The maximum absolute atomic E-state index is 11.2. The average Bonchev–Trinajstić information content (AvgIpc) is 2.90. The van der Waals surface area contributed by atoms with Crippen LogP contribution in [-0.4, -0.2) is 15.8 Å². The molecule has 0 aliphatic carbocycles. The Morgan fingerprint density at radius 3 is 2.35 bits per heavy atom. The van der Waals surface area contributed by atoms with Gasteiger partial charge in [-0.3, -0.25) is 4.98 Å². The maximum Gasteiger partial charge on any atom is 0.114 e. The highest BCUT2D eigenvalue weighted by Crippen LogP contribution is 2.44. The molecule has 2 nitrogen and oxygen atoms in total. The van der Waals surface area contributed by atoms with Gasteiger partial charge in [0.25, 0.3) is 0 Å². The third-order valence-electron chi connectivity index (χ3n) is 3.55. The zero-order chi connectivity index (χ0) is 14.8. The van der Waals surface area contributed by atoms with Gasteiger partial charge in [0.15, 0.2) is 0 Å². The van der Waals surface area contributed by atoms with Crippen molar-refractivity contribution in [2.24, 2.45) is 5.41 Å². The molecule has 4 heteroatoms. The molecule has 2 rings (SSSR count). The Bertz CT molecular complexity index is 543. The Labute approximate surface area is 129 Å². The fourth-order valence-electron chi connectivity index (χ4n) is 1.90. The molecule has 1 atom stereocenters. The van der Waals surface area contributed by atoms with Crippen molar-refractivity contribution in [3.05, 3.63) is 46.4 Å². The predicted octanol–water partition coefficient (Wildman–Crippen LogP) is 4.48. The van der Waals surface area contributed by atoms with Crippen molar-refractivity contribution in [3.8, 4) is 0 Å². The smallest absolute Gasteiger partial charge is 0.114 e. The molecule has 1 N–H and O–H groups in total. The Balaban J connectivity index is 2.20. The second-order valence-electron chi connectivity index (χ2n) is 6.08. The molecule has 1 aromatic carbocycles. The first-order chi connectivity index (χ1) is 9.33. The van der Waals surface area contributed by atoms with Crippen LogP contribution in [0.1, 0.15) is 31.2 Å². The van der Waals surface area contributed by atoms with Gasteiger partial charge in [-0.1, -0.05) is 38.5 Å². The van der Waals surface area contributed by atoms with E-state index in [1.807, 2.05) is 0 Å². The van der Waals surface area contributed by atoms with Crippen LogP contribution in [0.3, 0.4) is 0 Å². The lowest BCUT2D eigenvalue weighted by atomic mass is 9.77. The molecule has 0 radical (unpaired) electrons. The number of aromatic nitrogens is 1. The summed E-state index contributed by atoms with van der Waals surface area (Å²) in [5.74, 6) is 0.627. The standard InChI is InChI=1S/C16H21NOS2/c1-12-5-7-13(8-6-12)19-10-16(18,15(2,3)4)14-9-17-11-20-14/h5-9,11,18H,10H2,1-4H3. The van der Waals surface area contributed by atoms with Crippen LogP contribution >= 0.6 is 23.1 Å². The van der Waals surface area contributed by atoms with E-state index >= 15 is 0 Å². The van der Waals surface area contributed by atoms with Gasteiger partial charge >= 0.3 is 0 Å². The molecule has 0 aliphatic heterocycles. The van der Waals surface area contributed by atoms with Gasteiger partial charge < -0.3 is 5.11 Å². The summed E-state index contributed by atoms with van der Waals surface area (Å²) in [6.07, 6.45) is 1.78. The molecule has 0 aliphatic rings. The van der Waals surface area contributed by atoms with E-state index in [2.05, 4.69) is 56.9 Å². The minimum Gasteiger partial charge on any atom is -0.383 e. The van der Waals surface area contributed by atoms with Gasteiger partial charge in [-0.2, -0.15) is 0 Å². The predicted molar refractivity (Wildman–Crippen MR) is 87.4 cm³/mol. The largest absolute Gasteiger partial charge is 0.383 e. The zero-order valence-electron chi connectivity index (χ0n) is 12.4. The number of thioether (sulfide) groups is 1. The highest BCUT2D eigenvalue weighted by atomic mass is 32.2. The van der Waals surface area contributed by atoms with E-state index in [1.165, 1.54) is 21.8 Å². The van der Waals surface area contributed by atoms with Crippen LogP contribution in [0.2, 0.25) is 0 Å². The van der Waals surface area contributed by atoms with Crippen molar-refractivity contribution in [1.29, 1.82) is 0 Å². The molecular weight excluding hydrogens is 286 g/mol. The van der Waals surface area contributed by atoms with E-state index in [4.69, 9.17) is 0 Å². The Morgan fingerprint density at radius 1 is 1.20 bits per heavy atom. The minimum absolute atomic E-state index is 0.239. The van der Waals surface area contributed by atoms with Crippen LogP contribution in [-0.2, 0) is 5.60 Å². The first-order valence-corrected chi connectivity index (χ1v) is 8.50. The van der Waals surface area contributed by atoms with Crippen LogP contribution in [0.5, 0.6) is 0 Å². The van der Waals surface area contributed by atoms with Crippen molar-refractivity contribution in [2.45, 2.75) is 38.2 Å². The second-order valence-corrected chi connectivity index (χ2v) is 8.01. The summed E-state index contributed by atoms with van der Waals surface area (Å²) in [7, 11) is 0. The molecule has 0 amide bonds. The molecule has 0 saturated carbocycles. The summed E-state index contributed by atoms with van der Waals surface area (Å²) in [5, 5.41) is 11.2. The number of benzene rings is 1. The first kappa shape index (κ1) is 15.5. The highest BCUT2D eigenvalue weighted by molar-refractivity contribution is 7.99. The van der Waals surface area contributed by atoms with E-state index < -0.39 is 5.60 Å². The van der Waals surface area contributed by atoms with E-state index in [-0.39, 0.29) is 5.41 Å². The second kappa shape index (κ2) is 5.88. The van der Waals surface area contributed by atoms with Crippen molar-refractivity contribution in [2.75, 3.05) is 5.75 Å². The van der Waals surface area contributed by atoms with Crippen LogP contribution < -0.4 is 0 Å². The normalized spacial score (nSPS) is 15.1. The van der Waals surface area contributed by atoms with Crippen LogP contribution in [0, 0.1) is 12.3 Å². The molecule has 1 aromatic heterocycles. The van der Waals surface area contributed by atoms with Crippen molar-refractivity contribution < 1.29 is 5.11 Å². The van der Waals surface area contributed by atoms with E-state index in [0.29, 0.717) is 5.75 Å². The minimum atomic E-state index is -0.871. The zero-order valence-corrected chi connectivity index (χ0v) is 14.0. The van der Waals surface area contributed by atoms with Crippen molar-refractivity contribution in [3.63, 3.8) is 0 Å². The van der Waals surface area contributed by atoms with Gasteiger partial charge in [-0.25, -0.2) is 0 Å². The number of nitrogens with zero attached hydrogens (tertiary/aromatic N) is 1. The summed E-state index contributed by atoms with van der Waals surface area (Å²) in [6.45, 7) is 8.30. The van der Waals surface area contributed by atoms with Crippen LogP contribution in [0.15, 0.2) is 40.9 Å². The first-order valence-electron chi connectivity index (χ1n) is 6.64. The molecule has 0 saturated heterocycles. The molecule has 108 valence electrons. The fourth-order valence-corrected chi connectivity index (χ4v) is 4.21. The molecule has 0 spiro atoms. The van der Waals surface area contributed by atoms with Gasteiger partial charge in [0, 0.05) is 16.8 Å². The van der Waals surface area contributed by atoms with Gasteiger partial charge in [-0.05, 0) is 24.5 Å². The third-order valence-corrected chi connectivity index (χ3v) is 5.64. The Hall–Kier alpha value is -0.840. The van der Waals surface area contributed by atoms with Gasteiger partial charge in [0.1, 0.15) is 5.60 Å². The fraction of sp³-hybridized carbons (Fsp3) is 0.438. The maximum atomic E-state index is 11.2. The lowest BCUT2D eigenvalue weighted by Gasteiger charge is -2.39. The monoisotopic (exact) mass is 307 g/mol. The summed E-state index contributed by atoms with van der Waals surface area (Å²) in [5.41, 5.74) is 1.92. The van der Waals surface area contributed by atoms with Crippen LogP contribution in [0.4, 0.5) is 0 Å². The SMILES string of the molecule is Cc1ccc(SCC(O)(c2cncs2)C(C)(C)C)cc1. The van der Waals surface area contributed by atoms with E-state index in [9.17, 15) is 5.11 Å². The number of thiazole rings is 1. The highest BCUT2D eigenvalue weighted by Gasteiger charge is 2.42. The van der Waals surface area contributed by atoms with Crippen molar-refractivity contribution in [1.82, 2.24) is 4.98 Å². The molecule has 20 heavy (non-hydrogen) atoms. The quantitative estimate of drug-likeness (QED) is 0.846. The Kier molecular flexibility index (Phi) is 4.57. The van der Waals surface area contributed by atoms with Crippen LogP contribution in [0.25, 0.3) is 0 Å². The molecule has 1 unspecified atom stereocenters. The number of hydrogen-bond acceptors (Lipinski definition) is 4. The van der Waals surface area contributed by atoms with Gasteiger partial charge in [0.2, 0.25) is 0 Å². The van der Waals surface area contributed by atoms with Crippen molar-refractivity contribution >= 4 is 23.1 Å². The number of hydrogen-bond donors (Lipinski definition) is 1. The molecule has 2 aromatic rings. The number of rotatable bonds is 4. The molecular formula is C16H21NOS2. The summed E-state index contributed by atoms with van der Waals surface area (Å²) >= 11 is 3.21. The number of aliphatic hydroxyl groups is 1. The van der Waals surface area contributed by atoms with Gasteiger partial charge in [-0.15, -0.1) is 23.1 Å². The topological polar surface area (TPSA) is 33.1 Å². The lowest BCUT2D eigenvalue weighted by Crippen LogP contribution is -2.41. The molecule has 0 bridgehead atoms. The average molecular weight is 307 g/mol. The van der Waals surface area contributed by atoms with Gasteiger partial charge in [0.05, 0.1) is 10.4 Å². The number of aryl methyl sites for hydroxylation is 1. The van der Waals surface area contributed by atoms with E-state index in [0.717, 1.165) is 4.88 Å². The molecule has 0 fully saturated rings. The molecule has 1 heterocycles. The summed E-state index contributed by atoms with van der Waals surface area (Å²) < 4.78 is 0. The Morgan fingerprint density at radius 2 is 1.85 bits per heavy atom. The lowest BCUT2D eigenvalue weighted by molar-refractivity contribution is -0.0392. The summed E-state index contributed by atoms with van der Waals surface area (Å²) in [4.78, 5) is 6.24.